The standard InChI is InChI=1S/C27H40N2O4/c1-18(26(32)29-13-15-33-16-14-29)21-9-11-27(3)12-10-22(19(2)24(27)25(21)31)28-23(30)17-20-7-5-4-6-8-20/h4-8,18-19,21-22,24-25,31H,9-17H2,1-3H3,(H,28,30)/t18-,19-,21-,22-,24+,25-,27+/m0/s1. The molecule has 1 heterocycles. The van der Waals surface area contributed by atoms with E-state index in [2.05, 4.69) is 19.2 Å². The molecule has 6 heteroatoms. The monoisotopic (exact) mass is 456 g/mol. The predicted molar refractivity (Wildman–Crippen MR) is 127 cm³/mol. The van der Waals surface area contributed by atoms with Crippen molar-refractivity contribution in [2.45, 2.75) is 65.0 Å². The van der Waals surface area contributed by atoms with Crippen molar-refractivity contribution in [3.63, 3.8) is 0 Å². The number of aliphatic hydroxyl groups is 1. The van der Waals surface area contributed by atoms with Crippen molar-refractivity contribution in [3.05, 3.63) is 35.9 Å². The highest BCUT2D eigenvalue weighted by molar-refractivity contribution is 5.79. The molecule has 0 aromatic heterocycles. The molecule has 0 unspecified atom stereocenters. The molecule has 33 heavy (non-hydrogen) atoms. The topological polar surface area (TPSA) is 78.9 Å². The lowest BCUT2D eigenvalue weighted by molar-refractivity contribution is -0.153. The van der Waals surface area contributed by atoms with Gasteiger partial charge in [-0.15, -0.1) is 0 Å². The van der Waals surface area contributed by atoms with Crippen LogP contribution in [-0.4, -0.2) is 60.3 Å². The number of aliphatic hydroxyl groups excluding tert-OH is 1. The maximum atomic E-state index is 13.1. The van der Waals surface area contributed by atoms with E-state index in [0.717, 1.165) is 31.2 Å². The van der Waals surface area contributed by atoms with E-state index < -0.39 is 6.10 Å². The van der Waals surface area contributed by atoms with Crippen LogP contribution in [0.3, 0.4) is 0 Å². The van der Waals surface area contributed by atoms with Crippen LogP contribution < -0.4 is 5.32 Å². The molecule has 1 aromatic rings. The number of nitrogens with one attached hydrogen (secondary N) is 1. The molecule has 2 amide bonds. The van der Waals surface area contributed by atoms with Crippen molar-refractivity contribution in [1.82, 2.24) is 10.2 Å². The van der Waals surface area contributed by atoms with Crippen LogP contribution in [0.25, 0.3) is 0 Å². The number of carbonyl (C=O) groups excluding carboxylic acids is 2. The number of amides is 2. The Morgan fingerprint density at radius 3 is 2.55 bits per heavy atom. The minimum absolute atomic E-state index is 0.0411. The summed E-state index contributed by atoms with van der Waals surface area (Å²) in [6, 6.07) is 9.87. The molecule has 2 N–H and O–H groups in total. The average molecular weight is 457 g/mol. The van der Waals surface area contributed by atoms with Crippen LogP contribution >= 0.6 is 0 Å². The Balaban J connectivity index is 1.43. The Morgan fingerprint density at radius 2 is 1.85 bits per heavy atom. The van der Waals surface area contributed by atoms with Crippen molar-refractivity contribution >= 4 is 11.8 Å². The lowest BCUT2D eigenvalue weighted by Gasteiger charge is -2.56. The van der Waals surface area contributed by atoms with Gasteiger partial charge in [0.1, 0.15) is 0 Å². The fourth-order valence-corrected chi connectivity index (χ4v) is 6.79. The third kappa shape index (κ3) is 5.12. The lowest BCUT2D eigenvalue weighted by atomic mass is 9.51. The Bertz CT molecular complexity index is 825. The normalized spacial score (nSPS) is 35.4. The summed E-state index contributed by atoms with van der Waals surface area (Å²) < 4.78 is 5.40. The van der Waals surface area contributed by atoms with Crippen molar-refractivity contribution in [2.24, 2.45) is 29.1 Å². The largest absolute Gasteiger partial charge is 0.392 e. The summed E-state index contributed by atoms with van der Waals surface area (Å²) in [6.07, 6.45) is 3.68. The van der Waals surface area contributed by atoms with Crippen molar-refractivity contribution in [1.29, 1.82) is 0 Å². The van der Waals surface area contributed by atoms with Gasteiger partial charge in [-0.1, -0.05) is 51.1 Å². The number of rotatable bonds is 5. The molecule has 1 saturated heterocycles. The van der Waals surface area contributed by atoms with Crippen molar-refractivity contribution in [2.75, 3.05) is 26.3 Å². The molecule has 7 atom stereocenters. The zero-order valence-corrected chi connectivity index (χ0v) is 20.3. The number of morpholine rings is 1. The van der Waals surface area contributed by atoms with Gasteiger partial charge >= 0.3 is 0 Å². The molecule has 2 aliphatic carbocycles. The van der Waals surface area contributed by atoms with Crippen LogP contribution in [0.15, 0.2) is 30.3 Å². The quantitative estimate of drug-likeness (QED) is 0.714. The third-order valence-electron chi connectivity index (χ3n) is 8.80. The summed E-state index contributed by atoms with van der Waals surface area (Å²) in [5.74, 6) is 0.169. The Labute approximate surface area is 198 Å². The zero-order valence-electron chi connectivity index (χ0n) is 20.3. The van der Waals surface area contributed by atoms with E-state index in [1.165, 1.54) is 0 Å². The number of fused-ring (bicyclic) bond motifs is 1. The number of ether oxygens (including phenoxy) is 1. The second kappa shape index (κ2) is 10.1. The summed E-state index contributed by atoms with van der Waals surface area (Å²) in [4.78, 5) is 27.8. The van der Waals surface area contributed by atoms with E-state index in [1.807, 2.05) is 42.2 Å². The summed E-state index contributed by atoms with van der Waals surface area (Å²) in [6.45, 7) is 8.92. The van der Waals surface area contributed by atoms with Gasteiger partial charge in [0.2, 0.25) is 11.8 Å². The SMILES string of the molecule is C[C@@H]1[C@@H]2[C@@H](O)[C@H]([C@H](C)C(=O)N3CCOCC3)CC[C@]2(C)CC[C@@H]1NC(=O)Cc1ccccc1. The van der Waals surface area contributed by atoms with Gasteiger partial charge < -0.3 is 20.1 Å². The van der Waals surface area contributed by atoms with Gasteiger partial charge in [-0.05, 0) is 54.4 Å². The van der Waals surface area contributed by atoms with Gasteiger partial charge in [-0.3, -0.25) is 9.59 Å². The predicted octanol–water partition coefficient (Wildman–Crippen LogP) is 3.03. The second-order valence-electron chi connectivity index (χ2n) is 10.8. The van der Waals surface area contributed by atoms with E-state index in [9.17, 15) is 14.7 Å². The Morgan fingerprint density at radius 1 is 1.18 bits per heavy atom. The minimum atomic E-state index is -0.535. The summed E-state index contributed by atoms with van der Waals surface area (Å²) in [7, 11) is 0. The molecule has 3 aliphatic rings. The number of hydrogen-bond acceptors (Lipinski definition) is 4. The first-order chi connectivity index (χ1) is 15.8. The Hall–Kier alpha value is -1.92. The van der Waals surface area contributed by atoms with Crippen molar-refractivity contribution in [3.8, 4) is 0 Å². The first-order valence-electron chi connectivity index (χ1n) is 12.7. The molecule has 182 valence electrons. The van der Waals surface area contributed by atoms with Gasteiger partial charge in [0.05, 0.1) is 25.7 Å². The van der Waals surface area contributed by atoms with Gasteiger partial charge in [0.25, 0.3) is 0 Å². The molecule has 6 nitrogen and oxygen atoms in total. The minimum Gasteiger partial charge on any atom is -0.392 e. The lowest BCUT2D eigenvalue weighted by Crippen LogP contribution is -2.59. The molecule has 1 aliphatic heterocycles. The highest BCUT2D eigenvalue weighted by Gasteiger charge is 2.54. The molecule has 1 aromatic carbocycles. The van der Waals surface area contributed by atoms with Gasteiger partial charge in [0.15, 0.2) is 0 Å². The first kappa shape index (κ1) is 24.2. The molecule has 4 rings (SSSR count). The van der Waals surface area contributed by atoms with Crippen LogP contribution in [0, 0.1) is 29.1 Å². The molecule has 0 radical (unpaired) electrons. The molecular weight excluding hydrogens is 416 g/mol. The van der Waals surface area contributed by atoms with Crippen LogP contribution in [0.1, 0.15) is 52.0 Å². The highest BCUT2D eigenvalue weighted by atomic mass is 16.5. The maximum absolute atomic E-state index is 13.1. The Kier molecular flexibility index (Phi) is 7.44. The third-order valence-corrected chi connectivity index (χ3v) is 8.80. The van der Waals surface area contributed by atoms with E-state index in [1.54, 1.807) is 0 Å². The van der Waals surface area contributed by atoms with E-state index in [0.29, 0.717) is 32.7 Å². The van der Waals surface area contributed by atoms with E-state index >= 15 is 0 Å². The van der Waals surface area contributed by atoms with Crippen LogP contribution in [-0.2, 0) is 20.7 Å². The molecular formula is C27H40N2O4. The van der Waals surface area contributed by atoms with E-state index in [-0.39, 0.29) is 46.9 Å². The zero-order chi connectivity index (χ0) is 23.6. The molecule has 3 fully saturated rings. The number of nitrogens with zero attached hydrogens (tertiary/aromatic N) is 1. The molecule has 0 bridgehead atoms. The number of carbonyl (C=O) groups is 2. The molecule has 2 saturated carbocycles. The summed E-state index contributed by atoms with van der Waals surface area (Å²) in [5.41, 5.74) is 1.06. The van der Waals surface area contributed by atoms with E-state index in [4.69, 9.17) is 4.74 Å². The summed E-state index contributed by atoms with van der Waals surface area (Å²) >= 11 is 0. The van der Waals surface area contributed by atoms with Crippen LogP contribution in [0.2, 0.25) is 0 Å². The van der Waals surface area contributed by atoms with Gasteiger partial charge in [0, 0.05) is 25.0 Å². The van der Waals surface area contributed by atoms with Gasteiger partial charge in [-0.2, -0.15) is 0 Å². The molecule has 0 spiro atoms. The second-order valence-corrected chi connectivity index (χ2v) is 10.8. The maximum Gasteiger partial charge on any atom is 0.225 e. The van der Waals surface area contributed by atoms with Gasteiger partial charge in [-0.25, -0.2) is 0 Å². The van der Waals surface area contributed by atoms with Crippen LogP contribution in [0.4, 0.5) is 0 Å². The summed E-state index contributed by atoms with van der Waals surface area (Å²) in [5, 5.41) is 14.9. The first-order valence-corrected chi connectivity index (χ1v) is 12.7. The average Bonchev–Trinajstić information content (AvgIpc) is 2.81. The van der Waals surface area contributed by atoms with Crippen LogP contribution in [0.5, 0.6) is 0 Å². The fraction of sp³-hybridized carbons (Fsp3) is 0.704. The smallest absolute Gasteiger partial charge is 0.225 e. The highest BCUT2D eigenvalue weighted by Crippen LogP contribution is 2.55. The fourth-order valence-electron chi connectivity index (χ4n) is 6.79. The van der Waals surface area contributed by atoms with Crippen molar-refractivity contribution < 1.29 is 19.4 Å². The number of hydrogen-bond donors (Lipinski definition) is 2. The number of benzene rings is 1.